The van der Waals surface area contributed by atoms with Crippen molar-refractivity contribution in [2.24, 2.45) is 0 Å². The van der Waals surface area contributed by atoms with Gasteiger partial charge < -0.3 is 11.1 Å². The summed E-state index contributed by atoms with van der Waals surface area (Å²) in [6.07, 6.45) is 4.51. The van der Waals surface area contributed by atoms with Crippen LogP contribution in [0.1, 0.15) is 38.8 Å². The van der Waals surface area contributed by atoms with Gasteiger partial charge >= 0.3 is 0 Å². The van der Waals surface area contributed by atoms with Crippen molar-refractivity contribution in [2.75, 3.05) is 11.1 Å². The van der Waals surface area contributed by atoms with Gasteiger partial charge in [-0.1, -0.05) is 41.9 Å². The summed E-state index contributed by atoms with van der Waals surface area (Å²) in [5.41, 5.74) is 11.0. The fraction of sp³-hybridized carbons (Fsp3) is 0.174. The number of rotatable bonds is 3. The first-order valence-electron chi connectivity index (χ1n) is 9.77. The molecule has 1 aliphatic rings. The summed E-state index contributed by atoms with van der Waals surface area (Å²) in [5, 5.41) is 3.88. The molecule has 0 radical (unpaired) electrons. The minimum Gasteiger partial charge on any atom is -0.397 e. The highest BCUT2D eigenvalue weighted by Gasteiger charge is 2.24. The standard InChI is InChI=1S/C23H19ClN4OS/c24-21-18(7-4-10-26-21)27-22(29)20-19(25)16-12-15-11-14(13-5-2-1-3-6-13)8-9-17(15)28-23(16)30-20/h1-7,10,12,14H,8-9,11,25H2,(H,27,29)/t14-/m0/s1. The maximum Gasteiger partial charge on any atom is 0.268 e. The zero-order chi connectivity index (χ0) is 20.7. The number of hydrogen-bond donors (Lipinski definition) is 2. The van der Waals surface area contributed by atoms with Crippen LogP contribution in [-0.2, 0) is 12.8 Å². The van der Waals surface area contributed by atoms with Crippen LogP contribution in [0.25, 0.3) is 10.2 Å². The van der Waals surface area contributed by atoms with E-state index in [2.05, 4.69) is 40.6 Å². The fourth-order valence-electron chi connectivity index (χ4n) is 4.03. The number of carbonyl (C=O) groups is 1. The number of fused-ring (bicyclic) bond motifs is 2. The third-order valence-electron chi connectivity index (χ3n) is 5.57. The Morgan fingerprint density at radius 1 is 1.20 bits per heavy atom. The van der Waals surface area contributed by atoms with Gasteiger partial charge in [0.15, 0.2) is 5.15 Å². The van der Waals surface area contributed by atoms with E-state index in [1.807, 2.05) is 6.07 Å². The Hall–Kier alpha value is -2.96. The largest absolute Gasteiger partial charge is 0.397 e. The number of anilines is 2. The van der Waals surface area contributed by atoms with E-state index < -0.39 is 0 Å². The SMILES string of the molecule is Nc1c(C(=O)Nc2cccnc2Cl)sc2nc3c(cc12)C[C@@H](c1ccccc1)CC3. The number of carbonyl (C=O) groups excluding carboxylic acids is 1. The molecule has 150 valence electrons. The first kappa shape index (κ1) is 19.0. The molecule has 5 rings (SSSR count). The quantitative estimate of drug-likeness (QED) is 0.420. The molecule has 0 saturated carbocycles. The highest BCUT2D eigenvalue weighted by Crippen LogP contribution is 2.38. The van der Waals surface area contributed by atoms with E-state index in [-0.39, 0.29) is 11.1 Å². The van der Waals surface area contributed by atoms with E-state index >= 15 is 0 Å². The van der Waals surface area contributed by atoms with Crippen molar-refractivity contribution >= 4 is 50.4 Å². The second kappa shape index (κ2) is 7.70. The monoisotopic (exact) mass is 434 g/mol. The molecule has 0 saturated heterocycles. The lowest BCUT2D eigenvalue weighted by Crippen LogP contribution is -2.14. The van der Waals surface area contributed by atoms with Gasteiger partial charge in [-0.05, 0) is 54.5 Å². The molecular formula is C23H19ClN4OS. The van der Waals surface area contributed by atoms with Gasteiger partial charge in [0.05, 0.1) is 11.4 Å². The van der Waals surface area contributed by atoms with E-state index in [0.29, 0.717) is 22.2 Å². The summed E-state index contributed by atoms with van der Waals surface area (Å²) in [4.78, 5) is 22.9. The Bertz CT molecular complexity index is 1260. The lowest BCUT2D eigenvalue weighted by molar-refractivity contribution is 0.103. The van der Waals surface area contributed by atoms with Gasteiger partial charge in [-0.3, -0.25) is 4.79 Å². The minimum atomic E-state index is -0.300. The van der Waals surface area contributed by atoms with Crippen LogP contribution in [0.4, 0.5) is 11.4 Å². The van der Waals surface area contributed by atoms with Gasteiger partial charge in [0.1, 0.15) is 9.71 Å². The topological polar surface area (TPSA) is 80.9 Å². The average Bonchev–Trinajstić information content (AvgIpc) is 3.09. The van der Waals surface area contributed by atoms with E-state index in [1.54, 1.807) is 18.3 Å². The molecule has 30 heavy (non-hydrogen) atoms. The molecular weight excluding hydrogens is 416 g/mol. The highest BCUT2D eigenvalue weighted by molar-refractivity contribution is 7.21. The van der Waals surface area contributed by atoms with Crippen LogP contribution in [-0.4, -0.2) is 15.9 Å². The highest BCUT2D eigenvalue weighted by atomic mass is 35.5. The number of hydrogen-bond acceptors (Lipinski definition) is 5. The van der Waals surface area contributed by atoms with E-state index in [4.69, 9.17) is 22.3 Å². The lowest BCUT2D eigenvalue weighted by Gasteiger charge is -2.24. The van der Waals surface area contributed by atoms with Gasteiger partial charge in [0.25, 0.3) is 5.91 Å². The molecule has 5 nitrogen and oxygen atoms in total. The Kier molecular flexibility index (Phi) is 4.89. The van der Waals surface area contributed by atoms with E-state index in [1.165, 1.54) is 22.5 Å². The molecule has 7 heteroatoms. The number of aryl methyl sites for hydroxylation is 1. The van der Waals surface area contributed by atoms with Crippen molar-refractivity contribution in [1.82, 2.24) is 9.97 Å². The van der Waals surface area contributed by atoms with Crippen molar-refractivity contribution in [2.45, 2.75) is 25.2 Å². The Morgan fingerprint density at radius 2 is 2.03 bits per heavy atom. The summed E-state index contributed by atoms with van der Waals surface area (Å²) < 4.78 is 0. The summed E-state index contributed by atoms with van der Waals surface area (Å²) in [7, 11) is 0. The third-order valence-corrected chi connectivity index (χ3v) is 6.99. The summed E-state index contributed by atoms with van der Waals surface area (Å²) in [6.45, 7) is 0. The normalized spacial score (nSPS) is 15.7. The molecule has 0 fully saturated rings. The number of thiophene rings is 1. The molecule has 1 atom stereocenters. The van der Waals surface area contributed by atoms with Crippen LogP contribution in [0.15, 0.2) is 54.7 Å². The Balaban J connectivity index is 1.47. The van der Waals surface area contributed by atoms with Gasteiger partial charge in [-0.2, -0.15) is 0 Å². The van der Waals surface area contributed by atoms with Crippen molar-refractivity contribution in [1.29, 1.82) is 0 Å². The van der Waals surface area contributed by atoms with Crippen LogP contribution < -0.4 is 11.1 Å². The van der Waals surface area contributed by atoms with Crippen LogP contribution >= 0.6 is 22.9 Å². The summed E-state index contributed by atoms with van der Waals surface area (Å²) >= 11 is 7.37. The molecule has 3 heterocycles. The number of nitrogens with one attached hydrogen (secondary N) is 1. The van der Waals surface area contributed by atoms with Crippen molar-refractivity contribution in [3.05, 3.63) is 81.6 Å². The molecule has 0 aliphatic heterocycles. The Labute approximate surface area is 182 Å². The Morgan fingerprint density at radius 3 is 2.83 bits per heavy atom. The van der Waals surface area contributed by atoms with Gasteiger partial charge in [0, 0.05) is 17.3 Å². The number of benzene rings is 1. The van der Waals surface area contributed by atoms with Crippen molar-refractivity contribution in [3.8, 4) is 0 Å². The second-order valence-electron chi connectivity index (χ2n) is 7.44. The maximum absolute atomic E-state index is 12.8. The molecule has 3 N–H and O–H groups in total. The van der Waals surface area contributed by atoms with Gasteiger partial charge in [-0.15, -0.1) is 11.3 Å². The number of nitrogens with two attached hydrogens (primary N) is 1. The predicted octanol–water partition coefficient (Wildman–Crippen LogP) is 5.45. The third kappa shape index (κ3) is 3.42. The van der Waals surface area contributed by atoms with Gasteiger partial charge in [0.2, 0.25) is 0 Å². The summed E-state index contributed by atoms with van der Waals surface area (Å²) in [5.74, 6) is 0.179. The van der Waals surface area contributed by atoms with Crippen molar-refractivity contribution in [3.63, 3.8) is 0 Å². The number of aromatic nitrogens is 2. The van der Waals surface area contributed by atoms with Crippen LogP contribution in [0.5, 0.6) is 0 Å². The number of nitrogens with zero attached hydrogens (tertiary/aromatic N) is 2. The zero-order valence-corrected chi connectivity index (χ0v) is 17.6. The first-order valence-corrected chi connectivity index (χ1v) is 11.0. The molecule has 0 unspecified atom stereocenters. The van der Waals surface area contributed by atoms with E-state index in [0.717, 1.165) is 35.2 Å². The van der Waals surface area contributed by atoms with Crippen LogP contribution in [0, 0.1) is 0 Å². The molecule has 0 bridgehead atoms. The number of amides is 1. The zero-order valence-electron chi connectivity index (χ0n) is 16.1. The van der Waals surface area contributed by atoms with Gasteiger partial charge in [-0.25, -0.2) is 9.97 Å². The number of nitrogen functional groups attached to an aromatic ring is 1. The maximum atomic E-state index is 12.8. The first-order chi connectivity index (χ1) is 14.6. The number of pyridine rings is 2. The van der Waals surface area contributed by atoms with E-state index in [9.17, 15) is 4.79 Å². The fourth-order valence-corrected chi connectivity index (χ4v) is 5.19. The molecule has 1 aromatic carbocycles. The smallest absolute Gasteiger partial charge is 0.268 e. The molecule has 0 spiro atoms. The van der Waals surface area contributed by atoms with Crippen LogP contribution in [0.3, 0.4) is 0 Å². The lowest BCUT2D eigenvalue weighted by atomic mass is 9.82. The minimum absolute atomic E-state index is 0.242. The molecule has 1 aliphatic carbocycles. The number of halogens is 1. The summed E-state index contributed by atoms with van der Waals surface area (Å²) in [6, 6.07) is 16.1. The average molecular weight is 435 g/mol. The molecule has 3 aromatic heterocycles. The molecule has 4 aromatic rings. The van der Waals surface area contributed by atoms with Crippen molar-refractivity contribution < 1.29 is 4.79 Å². The predicted molar refractivity (Wildman–Crippen MR) is 122 cm³/mol. The second-order valence-corrected chi connectivity index (χ2v) is 8.80. The van der Waals surface area contributed by atoms with Crippen LogP contribution in [0.2, 0.25) is 5.15 Å². The molecule has 1 amide bonds.